The molecule has 0 radical (unpaired) electrons. The predicted octanol–water partition coefficient (Wildman–Crippen LogP) is 2.73. The Balaban J connectivity index is 1.99. The van der Waals surface area contributed by atoms with E-state index in [-0.39, 0.29) is 12.5 Å². The lowest BCUT2D eigenvalue weighted by Gasteiger charge is -2.13. The highest BCUT2D eigenvalue weighted by Crippen LogP contribution is 2.36. The molecule has 2 aromatic rings. The number of carbonyl (C=O) groups is 1. The zero-order valence-corrected chi connectivity index (χ0v) is 13.3. The molecule has 2 rings (SSSR count). The molecular weight excluding hydrogens is 298 g/mol. The molecule has 0 aliphatic carbocycles. The summed E-state index contributed by atoms with van der Waals surface area (Å²) < 4.78 is 21.1. The quantitative estimate of drug-likeness (QED) is 0.850. The van der Waals surface area contributed by atoms with Gasteiger partial charge in [-0.15, -0.1) is 0 Å². The molecule has 0 bridgehead atoms. The number of carbonyl (C=O) groups excluding carboxylic acids is 1. The van der Waals surface area contributed by atoms with Crippen molar-refractivity contribution in [1.82, 2.24) is 0 Å². The van der Waals surface area contributed by atoms with E-state index in [0.29, 0.717) is 28.7 Å². The molecule has 1 amide bonds. The number of rotatable bonds is 7. The third kappa shape index (κ3) is 4.29. The number of ether oxygens (including phenoxy) is 4. The first-order chi connectivity index (χ1) is 11.2. The lowest BCUT2D eigenvalue weighted by Crippen LogP contribution is -2.20. The summed E-state index contributed by atoms with van der Waals surface area (Å²) in [5, 5.41) is 2.74. The van der Waals surface area contributed by atoms with Crippen molar-refractivity contribution in [3.8, 4) is 23.0 Å². The third-order valence-electron chi connectivity index (χ3n) is 3.08. The van der Waals surface area contributed by atoms with E-state index in [1.807, 2.05) is 0 Å². The van der Waals surface area contributed by atoms with Gasteiger partial charge in [0.15, 0.2) is 18.1 Å². The normalized spacial score (nSPS) is 9.87. The summed E-state index contributed by atoms with van der Waals surface area (Å²) in [7, 11) is 4.62. The molecule has 0 aliphatic rings. The molecule has 23 heavy (non-hydrogen) atoms. The molecule has 122 valence electrons. The lowest BCUT2D eigenvalue weighted by molar-refractivity contribution is -0.118. The van der Waals surface area contributed by atoms with Crippen molar-refractivity contribution >= 4 is 11.6 Å². The Morgan fingerprint density at radius 2 is 1.70 bits per heavy atom. The highest BCUT2D eigenvalue weighted by molar-refractivity contribution is 5.92. The number of benzene rings is 2. The molecular formula is C17H19NO5. The summed E-state index contributed by atoms with van der Waals surface area (Å²) in [5.74, 6) is 1.80. The molecule has 0 saturated heterocycles. The van der Waals surface area contributed by atoms with Gasteiger partial charge >= 0.3 is 0 Å². The molecule has 0 aromatic heterocycles. The minimum absolute atomic E-state index is 0.152. The second-order valence-corrected chi connectivity index (χ2v) is 4.56. The number of hydrogen-bond donors (Lipinski definition) is 1. The zero-order chi connectivity index (χ0) is 16.7. The maximum atomic E-state index is 12.0. The molecule has 0 fully saturated rings. The van der Waals surface area contributed by atoms with Crippen molar-refractivity contribution in [1.29, 1.82) is 0 Å². The van der Waals surface area contributed by atoms with E-state index in [2.05, 4.69) is 5.32 Å². The van der Waals surface area contributed by atoms with E-state index in [1.54, 1.807) is 49.6 Å². The van der Waals surface area contributed by atoms with Crippen molar-refractivity contribution in [3.05, 3.63) is 42.5 Å². The van der Waals surface area contributed by atoms with Gasteiger partial charge in [-0.1, -0.05) is 12.1 Å². The fourth-order valence-corrected chi connectivity index (χ4v) is 2.01. The number of nitrogens with one attached hydrogen (secondary N) is 1. The molecule has 0 saturated carbocycles. The van der Waals surface area contributed by atoms with E-state index < -0.39 is 0 Å². The van der Waals surface area contributed by atoms with E-state index in [4.69, 9.17) is 18.9 Å². The minimum atomic E-state index is -0.289. The Bertz CT molecular complexity index is 672. The van der Waals surface area contributed by atoms with E-state index in [0.717, 1.165) is 0 Å². The number of hydrogen-bond acceptors (Lipinski definition) is 5. The molecule has 1 N–H and O–H groups in total. The summed E-state index contributed by atoms with van der Waals surface area (Å²) in [4.78, 5) is 12.0. The summed E-state index contributed by atoms with van der Waals surface area (Å²) in [6.07, 6.45) is 0. The number of methoxy groups -OCH3 is 3. The summed E-state index contributed by atoms with van der Waals surface area (Å²) >= 11 is 0. The van der Waals surface area contributed by atoms with Crippen LogP contribution in [0.1, 0.15) is 0 Å². The van der Waals surface area contributed by atoms with Crippen LogP contribution in [0.25, 0.3) is 0 Å². The van der Waals surface area contributed by atoms with Crippen molar-refractivity contribution in [2.24, 2.45) is 0 Å². The first-order valence-corrected chi connectivity index (χ1v) is 6.95. The maximum Gasteiger partial charge on any atom is 0.262 e. The number of anilines is 1. The van der Waals surface area contributed by atoms with E-state index in [9.17, 15) is 4.79 Å². The van der Waals surface area contributed by atoms with Crippen LogP contribution in [0.4, 0.5) is 5.69 Å². The van der Waals surface area contributed by atoms with Crippen molar-refractivity contribution in [2.75, 3.05) is 33.3 Å². The van der Waals surface area contributed by atoms with Gasteiger partial charge in [0.1, 0.15) is 5.75 Å². The highest BCUT2D eigenvalue weighted by atomic mass is 16.5. The van der Waals surface area contributed by atoms with Gasteiger partial charge in [0.25, 0.3) is 5.91 Å². The summed E-state index contributed by atoms with van der Waals surface area (Å²) in [6.45, 7) is -0.152. The van der Waals surface area contributed by atoms with Crippen molar-refractivity contribution < 1.29 is 23.7 Å². The molecule has 2 aromatic carbocycles. The van der Waals surface area contributed by atoms with Crippen molar-refractivity contribution in [2.45, 2.75) is 0 Å². The van der Waals surface area contributed by atoms with Crippen LogP contribution in [0.15, 0.2) is 42.5 Å². The summed E-state index contributed by atoms with van der Waals surface area (Å²) in [5.41, 5.74) is 0.635. The largest absolute Gasteiger partial charge is 0.497 e. The third-order valence-corrected chi connectivity index (χ3v) is 3.08. The second kappa shape index (κ2) is 7.93. The fraction of sp³-hybridized carbons (Fsp3) is 0.235. The van der Waals surface area contributed by atoms with Gasteiger partial charge in [-0.2, -0.15) is 0 Å². The van der Waals surface area contributed by atoms with Crippen LogP contribution < -0.4 is 24.3 Å². The topological polar surface area (TPSA) is 66.0 Å². The number of para-hydroxylation sites is 1. The monoisotopic (exact) mass is 317 g/mol. The molecule has 6 nitrogen and oxygen atoms in total. The van der Waals surface area contributed by atoms with Crippen LogP contribution in [0, 0.1) is 0 Å². The van der Waals surface area contributed by atoms with Crippen LogP contribution in [0.5, 0.6) is 23.0 Å². The van der Waals surface area contributed by atoms with Crippen LogP contribution in [-0.4, -0.2) is 33.8 Å². The van der Waals surface area contributed by atoms with Gasteiger partial charge in [-0.05, 0) is 24.3 Å². The Hall–Kier alpha value is -2.89. The molecule has 0 atom stereocenters. The van der Waals surface area contributed by atoms with Gasteiger partial charge in [0.05, 0.1) is 21.3 Å². The fourth-order valence-electron chi connectivity index (χ4n) is 2.01. The first kappa shape index (κ1) is 16.5. The van der Waals surface area contributed by atoms with Crippen molar-refractivity contribution in [3.63, 3.8) is 0 Å². The average Bonchev–Trinajstić information content (AvgIpc) is 2.59. The lowest BCUT2D eigenvalue weighted by atomic mass is 10.3. The van der Waals surface area contributed by atoms with Gasteiger partial charge < -0.3 is 24.3 Å². The van der Waals surface area contributed by atoms with Gasteiger partial charge in [0.2, 0.25) is 5.75 Å². The predicted molar refractivity (Wildman–Crippen MR) is 86.7 cm³/mol. The van der Waals surface area contributed by atoms with E-state index >= 15 is 0 Å². The smallest absolute Gasteiger partial charge is 0.262 e. The second-order valence-electron chi connectivity index (χ2n) is 4.56. The molecule has 0 spiro atoms. The standard InChI is InChI=1S/C17H19NO5/c1-20-13-7-4-6-12(10-13)18-16(19)11-23-15-9-5-8-14(21-2)17(15)22-3/h4-10H,11H2,1-3H3,(H,18,19). The Morgan fingerprint density at radius 1 is 0.957 bits per heavy atom. The maximum absolute atomic E-state index is 12.0. The average molecular weight is 317 g/mol. The van der Waals surface area contributed by atoms with Crippen LogP contribution in [0.2, 0.25) is 0 Å². The molecule has 0 aliphatic heterocycles. The van der Waals surface area contributed by atoms with Crippen LogP contribution in [0.3, 0.4) is 0 Å². The van der Waals surface area contributed by atoms with Gasteiger partial charge in [-0.3, -0.25) is 4.79 Å². The SMILES string of the molecule is COc1cccc(NC(=O)COc2cccc(OC)c2OC)c1. The summed E-state index contributed by atoms with van der Waals surface area (Å²) in [6, 6.07) is 12.3. The van der Waals surface area contributed by atoms with E-state index in [1.165, 1.54) is 14.2 Å². The number of amides is 1. The van der Waals surface area contributed by atoms with Crippen LogP contribution >= 0.6 is 0 Å². The molecule has 0 heterocycles. The molecule has 0 unspecified atom stereocenters. The first-order valence-electron chi connectivity index (χ1n) is 6.95. The van der Waals surface area contributed by atoms with Gasteiger partial charge in [-0.25, -0.2) is 0 Å². The molecule has 6 heteroatoms. The minimum Gasteiger partial charge on any atom is -0.497 e. The van der Waals surface area contributed by atoms with Crippen LogP contribution in [-0.2, 0) is 4.79 Å². The van der Waals surface area contributed by atoms with Gasteiger partial charge in [0, 0.05) is 11.8 Å². The Kier molecular flexibility index (Phi) is 5.68. The highest BCUT2D eigenvalue weighted by Gasteiger charge is 2.12. The Labute approximate surface area is 134 Å². The zero-order valence-electron chi connectivity index (χ0n) is 13.3. The Morgan fingerprint density at radius 3 is 2.39 bits per heavy atom.